The molecule has 3 rings (SSSR count). The SMILES string of the molecule is NC(=O)c1cccnc1N1CCC2(CC1)CNC(C(=O)O)C2. The van der Waals surface area contributed by atoms with Crippen molar-refractivity contribution in [1.82, 2.24) is 10.3 Å². The van der Waals surface area contributed by atoms with Gasteiger partial charge in [0.05, 0.1) is 5.56 Å². The Hall–Kier alpha value is -2.15. The first kappa shape index (κ1) is 14.8. The fraction of sp³-hybridized carbons (Fsp3) is 0.533. The Bertz CT molecular complexity index is 596. The Kier molecular flexibility index (Phi) is 3.74. The molecule has 4 N–H and O–H groups in total. The molecule has 3 heterocycles. The van der Waals surface area contributed by atoms with Crippen LogP contribution in [0.2, 0.25) is 0 Å². The number of primary amides is 1. The van der Waals surface area contributed by atoms with Gasteiger partial charge < -0.3 is 21.1 Å². The van der Waals surface area contributed by atoms with E-state index in [-0.39, 0.29) is 5.41 Å². The van der Waals surface area contributed by atoms with Crippen molar-refractivity contribution in [2.24, 2.45) is 11.1 Å². The van der Waals surface area contributed by atoms with Crippen LogP contribution >= 0.6 is 0 Å². The number of anilines is 1. The Balaban J connectivity index is 1.70. The molecule has 1 atom stereocenters. The highest BCUT2D eigenvalue weighted by atomic mass is 16.4. The number of carboxylic acids is 1. The fourth-order valence-electron chi connectivity index (χ4n) is 3.51. The standard InChI is InChI=1S/C15H20N4O3/c16-12(20)10-2-1-5-17-13(10)19-6-3-15(4-7-19)8-11(14(21)22)18-9-15/h1-2,5,11,18H,3-4,6-9H2,(H2,16,20)(H,21,22). The van der Waals surface area contributed by atoms with E-state index in [4.69, 9.17) is 10.8 Å². The van der Waals surface area contributed by atoms with Crippen LogP contribution in [0.5, 0.6) is 0 Å². The van der Waals surface area contributed by atoms with Gasteiger partial charge in [-0.1, -0.05) is 0 Å². The molecule has 1 unspecified atom stereocenters. The molecule has 0 saturated carbocycles. The second-order valence-electron chi connectivity index (χ2n) is 6.20. The molecule has 0 aromatic carbocycles. The highest BCUT2D eigenvalue weighted by molar-refractivity contribution is 5.97. The van der Waals surface area contributed by atoms with E-state index in [0.717, 1.165) is 32.5 Å². The van der Waals surface area contributed by atoms with Gasteiger partial charge in [-0.05, 0) is 36.8 Å². The molecule has 0 bridgehead atoms. The third kappa shape index (κ3) is 2.64. The van der Waals surface area contributed by atoms with Gasteiger partial charge in [0, 0.05) is 25.8 Å². The number of carbonyl (C=O) groups excluding carboxylic acids is 1. The molecule has 0 aliphatic carbocycles. The smallest absolute Gasteiger partial charge is 0.320 e. The zero-order valence-electron chi connectivity index (χ0n) is 12.3. The number of piperidine rings is 1. The Labute approximate surface area is 128 Å². The maximum atomic E-state index is 11.5. The number of nitrogens with one attached hydrogen (secondary N) is 1. The number of aliphatic carboxylic acids is 1. The van der Waals surface area contributed by atoms with E-state index in [2.05, 4.69) is 15.2 Å². The molecule has 0 radical (unpaired) electrons. The number of hydrogen-bond donors (Lipinski definition) is 3. The quantitative estimate of drug-likeness (QED) is 0.737. The lowest BCUT2D eigenvalue weighted by molar-refractivity contribution is -0.139. The van der Waals surface area contributed by atoms with Crippen LogP contribution in [-0.2, 0) is 4.79 Å². The number of amides is 1. The molecule has 2 aliphatic rings. The summed E-state index contributed by atoms with van der Waals surface area (Å²) in [6.45, 7) is 2.25. The van der Waals surface area contributed by atoms with E-state index >= 15 is 0 Å². The zero-order valence-corrected chi connectivity index (χ0v) is 12.3. The summed E-state index contributed by atoms with van der Waals surface area (Å²) in [5.41, 5.74) is 5.89. The molecule has 1 amide bonds. The highest BCUT2D eigenvalue weighted by Crippen LogP contribution is 2.40. The third-order valence-corrected chi connectivity index (χ3v) is 4.83. The summed E-state index contributed by atoms with van der Waals surface area (Å²) in [4.78, 5) is 29.0. The van der Waals surface area contributed by atoms with E-state index in [1.54, 1.807) is 18.3 Å². The van der Waals surface area contributed by atoms with Crippen molar-refractivity contribution in [2.45, 2.75) is 25.3 Å². The summed E-state index contributed by atoms with van der Waals surface area (Å²) in [5, 5.41) is 12.2. The number of rotatable bonds is 3. The topological polar surface area (TPSA) is 109 Å². The lowest BCUT2D eigenvalue weighted by atomic mass is 9.76. The van der Waals surface area contributed by atoms with Crippen LogP contribution in [0.25, 0.3) is 0 Å². The van der Waals surface area contributed by atoms with Crippen molar-refractivity contribution in [3.8, 4) is 0 Å². The number of aromatic nitrogens is 1. The van der Waals surface area contributed by atoms with Crippen molar-refractivity contribution in [1.29, 1.82) is 0 Å². The van der Waals surface area contributed by atoms with Gasteiger partial charge in [-0.2, -0.15) is 0 Å². The number of carbonyl (C=O) groups is 2. The van der Waals surface area contributed by atoms with E-state index in [9.17, 15) is 9.59 Å². The molecule has 22 heavy (non-hydrogen) atoms. The maximum Gasteiger partial charge on any atom is 0.320 e. The number of carboxylic acid groups (broad SMARTS) is 1. The molecule has 118 valence electrons. The average Bonchev–Trinajstić information content (AvgIpc) is 2.92. The lowest BCUT2D eigenvalue weighted by Gasteiger charge is -2.39. The molecule has 7 nitrogen and oxygen atoms in total. The van der Waals surface area contributed by atoms with Crippen LogP contribution in [0.3, 0.4) is 0 Å². The van der Waals surface area contributed by atoms with Crippen molar-refractivity contribution >= 4 is 17.7 Å². The van der Waals surface area contributed by atoms with Crippen LogP contribution in [0.4, 0.5) is 5.82 Å². The normalized spacial score (nSPS) is 23.6. The minimum atomic E-state index is -0.778. The van der Waals surface area contributed by atoms with E-state index < -0.39 is 17.9 Å². The minimum absolute atomic E-state index is 0.0429. The monoisotopic (exact) mass is 304 g/mol. The van der Waals surface area contributed by atoms with Gasteiger partial charge in [-0.3, -0.25) is 9.59 Å². The Morgan fingerprint density at radius 2 is 2.14 bits per heavy atom. The summed E-state index contributed by atoms with van der Waals surface area (Å²) >= 11 is 0. The second-order valence-corrected chi connectivity index (χ2v) is 6.20. The number of pyridine rings is 1. The minimum Gasteiger partial charge on any atom is -0.480 e. The lowest BCUT2D eigenvalue weighted by Crippen LogP contribution is -2.42. The van der Waals surface area contributed by atoms with Crippen LogP contribution in [-0.4, -0.2) is 47.6 Å². The van der Waals surface area contributed by atoms with Crippen LogP contribution in [0.1, 0.15) is 29.6 Å². The highest BCUT2D eigenvalue weighted by Gasteiger charge is 2.43. The van der Waals surface area contributed by atoms with Crippen molar-refractivity contribution in [3.63, 3.8) is 0 Å². The van der Waals surface area contributed by atoms with Crippen LogP contribution in [0, 0.1) is 5.41 Å². The third-order valence-electron chi connectivity index (χ3n) is 4.83. The first-order valence-corrected chi connectivity index (χ1v) is 7.47. The first-order chi connectivity index (χ1) is 10.5. The van der Waals surface area contributed by atoms with Gasteiger partial charge >= 0.3 is 5.97 Å². The molecule has 1 aromatic heterocycles. The molecule has 2 fully saturated rings. The molecular formula is C15H20N4O3. The second kappa shape index (κ2) is 5.57. The number of hydrogen-bond acceptors (Lipinski definition) is 5. The van der Waals surface area contributed by atoms with Crippen LogP contribution in [0.15, 0.2) is 18.3 Å². The summed E-state index contributed by atoms with van der Waals surface area (Å²) in [5.74, 6) is -0.623. The summed E-state index contributed by atoms with van der Waals surface area (Å²) < 4.78 is 0. The van der Waals surface area contributed by atoms with Gasteiger partial charge in [0.15, 0.2) is 0 Å². The number of nitrogens with zero attached hydrogens (tertiary/aromatic N) is 2. The summed E-state index contributed by atoms with van der Waals surface area (Å²) in [7, 11) is 0. The van der Waals surface area contributed by atoms with Gasteiger partial charge in [0.2, 0.25) is 0 Å². The fourth-order valence-corrected chi connectivity index (χ4v) is 3.51. The molecule has 2 saturated heterocycles. The van der Waals surface area contributed by atoms with Crippen molar-refractivity contribution in [3.05, 3.63) is 23.9 Å². The van der Waals surface area contributed by atoms with E-state index in [1.807, 2.05) is 0 Å². The molecule has 2 aliphatic heterocycles. The molecule has 1 aromatic rings. The summed E-state index contributed by atoms with van der Waals surface area (Å²) in [6.07, 6.45) is 4.10. The van der Waals surface area contributed by atoms with Crippen molar-refractivity contribution < 1.29 is 14.7 Å². The largest absolute Gasteiger partial charge is 0.480 e. The van der Waals surface area contributed by atoms with E-state index in [0.29, 0.717) is 17.8 Å². The van der Waals surface area contributed by atoms with Crippen molar-refractivity contribution in [2.75, 3.05) is 24.5 Å². The maximum absolute atomic E-state index is 11.5. The predicted octanol–water partition coefficient (Wildman–Crippen LogP) is 0.214. The first-order valence-electron chi connectivity index (χ1n) is 7.47. The summed E-state index contributed by atoms with van der Waals surface area (Å²) in [6, 6.07) is 2.95. The average molecular weight is 304 g/mol. The molecule has 1 spiro atoms. The predicted molar refractivity (Wildman–Crippen MR) is 80.7 cm³/mol. The number of nitrogens with two attached hydrogens (primary N) is 1. The van der Waals surface area contributed by atoms with Gasteiger partial charge in [-0.25, -0.2) is 4.98 Å². The van der Waals surface area contributed by atoms with Gasteiger partial charge in [0.25, 0.3) is 5.91 Å². The Morgan fingerprint density at radius 3 is 2.73 bits per heavy atom. The zero-order chi connectivity index (χ0) is 15.7. The van der Waals surface area contributed by atoms with Crippen LogP contribution < -0.4 is 16.0 Å². The van der Waals surface area contributed by atoms with Gasteiger partial charge in [0.1, 0.15) is 11.9 Å². The van der Waals surface area contributed by atoms with E-state index in [1.165, 1.54) is 0 Å². The molecule has 7 heteroatoms. The molecular weight excluding hydrogens is 284 g/mol. The van der Waals surface area contributed by atoms with Gasteiger partial charge in [-0.15, -0.1) is 0 Å². The Morgan fingerprint density at radius 1 is 1.41 bits per heavy atom.